The maximum absolute atomic E-state index is 11.4. The van der Waals surface area contributed by atoms with Gasteiger partial charge >= 0.3 is 0 Å². The lowest BCUT2D eigenvalue weighted by Crippen LogP contribution is -2.22. The van der Waals surface area contributed by atoms with Crippen molar-refractivity contribution < 1.29 is 5.11 Å². The van der Waals surface area contributed by atoms with E-state index in [0.29, 0.717) is 6.54 Å². The highest BCUT2D eigenvalue weighted by Gasteiger charge is 2.06. The van der Waals surface area contributed by atoms with Gasteiger partial charge in [0.05, 0.1) is 6.20 Å². The zero-order valence-electron chi connectivity index (χ0n) is 8.03. The first-order valence-corrected chi connectivity index (χ1v) is 4.99. The van der Waals surface area contributed by atoms with Crippen molar-refractivity contribution >= 4 is 11.6 Å². The third kappa shape index (κ3) is 2.48. The van der Waals surface area contributed by atoms with Crippen LogP contribution in [0.4, 0.5) is 0 Å². The highest BCUT2D eigenvalue weighted by Crippen LogP contribution is 2.15. The van der Waals surface area contributed by atoms with Crippen LogP contribution in [0.5, 0.6) is 5.75 Å². The Balaban J connectivity index is 2.79. The van der Waals surface area contributed by atoms with E-state index in [0.717, 1.165) is 19.3 Å². The van der Waals surface area contributed by atoms with Gasteiger partial charge in [-0.2, -0.15) is 5.10 Å². The fourth-order valence-corrected chi connectivity index (χ4v) is 1.27. The van der Waals surface area contributed by atoms with Gasteiger partial charge in [0.2, 0.25) is 0 Å². The van der Waals surface area contributed by atoms with Crippen LogP contribution in [0.2, 0.25) is 5.02 Å². The van der Waals surface area contributed by atoms with Gasteiger partial charge in [-0.3, -0.25) is 4.79 Å². The topological polar surface area (TPSA) is 55.1 Å². The van der Waals surface area contributed by atoms with Crippen molar-refractivity contribution in [2.75, 3.05) is 0 Å². The second-order valence-electron chi connectivity index (χ2n) is 3.08. The highest BCUT2D eigenvalue weighted by atomic mass is 35.5. The molecule has 0 aliphatic heterocycles. The van der Waals surface area contributed by atoms with E-state index in [1.807, 2.05) is 0 Å². The molecule has 1 heterocycles. The molecule has 5 heteroatoms. The van der Waals surface area contributed by atoms with Crippen molar-refractivity contribution in [3.63, 3.8) is 0 Å². The summed E-state index contributed by atoms with van der Waals surface area (Å²) in [6.45, 7) is 2.63. The second-order valence-corrected chi connectivity index (χ2v) is 3.46. The maximum Gasteiger partial charge on any atom is 0.289 e. The van der Waals surface area contributed by atoms with Crippen molar-refractivity contribution in [1.29, 1.82) is 0 Å². The number of halogens is 1. The zero-order chi connectivity index (χ0) is 10.6. The molecule has 0 aliphatic carbocycles. The molecule has 0 saturated heterocycles. The lowest BCUT2D eigenvalue weighted by molar-refractivity contribution is 0.455. The van der Waals surface area contributed by atoms with Gasteiger partial charge in [0.1, 0.15) is 0 Å². The Labute approximate surface area is 87.1 Å². The van der Waals surface area contributed by atoms with Crippen LogP contribution in [0.15, 0.2) is 11.0 Å². The largest absolute Gasteiger partial charge is 0.505 e. The van der Waals surface area contributed by atoms with Crippen LogP contribution >= 0.6 is 11.6 Å². The minimum atomic E-state index is -0.428. The van der Waals surface area contributed by atoms with Crippen LogP contribution in [0.3, 0.4) is 0 Å². The van der Waals surface area contributed by atoms with Crippen LogP contribution in [0.25, 0.3) is 0 Å². The summed E-state index contributed by atoms with van der Waals surface area (Å²) in [5.74, 6) is -0.261. The predicted molar refractivity (Wildman–Crippen MR) is 54.7 cm³/mol. The minimum absolute atomic E-state index is 0.156. The molecule has 1 rings (SSSR count). The SMILES string of the molecule is CCCCCn1ncc(O)c(Cl)c1=O. The molecule has 0 amide bonds. The maximum atomic E-state index is 11.4. The lowest BCUT2D eigenvalue weighted by Gasteiger charge is -2.04. The predicted octanol–water partition coefficient (Wildman–Crippen LogP) is 1.79. The summed E-state index contributed by atoms with van der Waals surface area (Å²) in [7, 11) is 0. The molecule has 78 valence electrons. The van der Waals surface area contributed by atoms with Gasteiger partial charge in [-0.25, -0.2) is 4.68 Å². The second kappa shape index (κ2) is 5.00. The smallest absolute Gasteiger partial charge is 0.289 e. The van der Waals surface area contributed by atoms with E-state index in [2.05, 4.69) is 12.0 Å². The van der Waals surface area contributed by atoms with Crippen molar-refractivity contribution in [3.05, 3.63) is 21.6 Å². The third-order valence-electron chi connectivity index (χ3n) is 1.94. The van der Waals surface area contributed by atoms with Crippen molar-refractivity contribution in [3.8, 4) is 5.75 Å². The molecular formula is C9H13ClN2O2. The normalized spacial score (nSPS) is 10.4. The number of hydrogen-bond acceptors (Lipinski definition) is 3. The van der Waals surface area contributed by atoms with Crippen LogP contribution in [0.1, 0.15) is 26.2 Å². The number of nitrogens with zero attached hydrogens (tertiary/aromatic N) is 2. The van der Waals surface area contributed by atoms with E-state index < -0.39 is 5.56 Å². The quantitative estimate of drug-likeness (QED) is 0.781. The van der Waals surface area contributed by atoms with E-state index in [1.165, 1.54) is 10.9 Å². The van der Waals surface area contributed by atoms with Crippen LogP contribution in [0, 0.1) is 0 Å². The molecule has 1 N–H and O–H groups in total. The van der Waals surface area contributed by atoms with Gasteiger partial charge in [0, 0.05) is 6.54 Å². The summed E-state index contributed by atoms with van der Waals surface area (Å²) in [6.07, 6.45) is 4.22. The summed E-state index contributed by atoms with van der Waals surface area (Å²) in [5.41, 5.74) is -0.428. The number of aromatic nitrogens is 2. The first kappa shape index (κ1) is 11.0. The van der Waals surface area contributed by atoms with Crippen LogP contribution < -0.4 is 5.56 Å². The number of rotatable bonds is 4. The van der Waals surface area contributed by atoms with E-state index in [4.69, 9.17) is 16.7 Å². The Bertz CT molecular complexity index is 362. The molecule has 0 atom stereocenters. The molecule has 0 bridgehead atoms. The van der Waals surface area contributed by atoms with Crippen LogP contribution in [-0.2, 0) is 6.54 Å². The Hall–Kier alpha value is -1.03. The minimum Gasteiger partial charge on any atom is -0.505 e. The summed E-state index contributed by atoms with van der Waals surface area (Å²) >= 11 is 5.57. The molecule has 14 heavy (non-hydrogen) atoms. The van der Waals surface area contributed by atoms with E-state index >= 15 is 0 Å². The number of hydrogen-bond donors (Lipinski definition) is 1. The first-order chi connectivity index (χ1) is 6.66. The molecule has 0 spiro atoms. The standard InChI is InChI=1S/C9H13ClN2O2/c1-2-3-4-5-12-9(14)8(10)7(13)6-11-12/h6,13H,2-5H2,1H3. The summed E-state index contributed by atoms with van der Waals surface area (Å²) in [4.78, 5) is 11.4. The number of aryl methyl sites for hydroxylation is 1. The van der Waals surface area contributed by atoms with E-state index in [-0.39, 0.29) is 10.8 Å². The molecule has 0 radical (unpaired) electrons. The van der Waals surface area contributed by atoms with E-state index in [9.17, 15) is 4.79 Å². The van der Waals surface area contributed by atoms with Crippen molar-refractivity contribution in [2.45, 2.75) is 32.7 Å². The monoisotopic (exact) mass is 216 g/mol. The van der Waals surface area contributed by atoms with E-state index in [1.54, 1.807) is 0 Å². The third-order valence-corrected chi connectivity index (χ3v) is 2.30. The molecule has 1 aromatic rings. The molecule has 0 fully saturated rings. The first-order valence-electron chi connectivity index (χ1n) is 4.61. The molecule has 1 aromatic heterocycles. The molecule has 4 nitrogen and oxygen atoms in total. The Morgan fingerprint density at radius 2 is 2.29 bits per heavy atom. The van der Waals surface area contributed by atoms with Crippen molar-refractivity contribution in [2.24, 2.45) is 0 Å². The summed E-state index contributed by atoms with van der Waals surface area (Å²) < 4.78 is 1.28. The van der Waals surface area contributed by atoms with Gasteiger partial charge in [0.15, 0.2) is 10.8 Å². The van der Waals surface area contributed by atoms with Gasteiger partial charge in [-0.15, -0.1) is 0 Å². The van der Waals surface area contributed by atoms with Gasteiger partial charge in [0.25, 0.3) is 5.56 Å². The Kier molecular flexibility index (Phi) is 3.95. The van der Waals surface area contributed by atoms with Crippen LogP contribution in [-0.4, -0.2) is 14.9 Å². The van der Waals surface area contributed by atoms with Crippen molar-refractivity contribution in [1.82, 2.24) is 9.78 Å². The van der Waals surface area contributed by atoms with Gasteiger partial charge < -0.3 is 5.11 Å². The lowest BCUT2D eigenvalue weighted by atomic mass is 10.2. The van der Waals surface area contributed by atoms with Gasteiger partial charge in [-0.1, -0.05) is 31.4 Å². The fourth-order valence-electron chi connectivity index (χ4n) is 1.13. The molecule has 0 aromatic carbocycles. The molecule has 0 saturated carbocycles. The average molecular weight is 217 g/mol. The average Bonchev–Trinajstić information content (AvgIpc) is 2.18. The molecule has 0 aliphatic rings. The summed E-state index contributed by atoms with van der Waals surface area (Å²) in [6, 6.07) is 0. The number of unbranched alkanes of at least 4 members (excludes halogenated alkanes) is 2. The number of aromatic hydroxyl groups is 1. The zero-order valence-corrected chi connectivity index (χ0v) is 8.79. The highest BCUT2D eigenvalue weighted by molar-refractivity contribution is 6.31. The summed E-state index contributed by atoms with van der Waals surface area (Å²) in [5, 5.41) is 12.7. The van der Waals surface area contributed by atoms with Gasteiger partial charge in [-0.05, 0) is 6.42 Å². The Morgan fingerprint density at radius 3 is 2.93 bits per heavy atom. The fraction of sp³-hybridized carbons (Fsp3) is 0.556. The molecular weight excluding hydrogens is 204 g/mol. The molecule has 0 unspecified atom stereocenters. The Morgan fingerprint density at radius 1 is 1.57 bits per heavy atom.